The Bertz CT molecular complexity index is 629. The van der Waals surface area contributed by atoms with Gasteiger partial charge in [0.1, 0.15) is 5.75 Å². The maximum absolute atomic E-state index is 10.3. The minimum Gasteiger partial charge on any atom is -0.497 e. The predicted molar refractivity (Wildman–Crippen MR) is 98.6 cm³/mol. The maximum atomic E-state index is 10.3. The van der Waals surface area contributed by atoms with Crippen molar-refractivity contribution in [3.8, 4) is 5.75 Å². The van der Waals surface area contributed by atoms with Crippen molar-refractivity contribution < 1.29 is 14.6 Å². The van der Waals surface area contributed by atoms with Gasteiger partial charge in [-0.25, -0.2) is 0 Å². The minimum absolute atomic E-state index is 0.351. The van der Waals surface area contributed by atoms with Crippen LogP contribution in [-0.4, -0.2) is 42.9 Å². The van der Waals surface area contributed by atoms with Crippen molar-refractivity contribution in [2.24, 2.45) is 0 Å². The van der Waals surface area contributed by atoms with Crippen LogP contribution in [0.3, 0.4) is 0 Å². The molecule has 1 aliphatic rings. The Morgan fingerprint density at radius 1 is 1.12 bits per heavy atom. The molecule has 2 unspecified atom stereocenters. The van der Waals surface area contributed by atoms with Gasteiger partial charge in [-0.1, -0.05) is 42.5 Å². The van der Waals surface area contributed by atoms with Crippen molar-refractivity contribution in [3.63, 3.8) is 0 Å². The van der Waals surface area contributed by atoms with Crippen LogP contribution >= 0.6 is 0 Å². The molecule has 3 rings (SSSR count). The Morgan fingerprint density at radius 3 is 2.60 bits per heavy atom. The highest BCUT2D eigenvalue weighted by atomic mass is 16.5. The fourth-order valence-electron chi connectivity index (χ4n) is 3.46. The van der Waals surface area contributed by atoms with E-state index in [-0.39, 0.29) is 0 Å². The number of aliphatic hydroxyl groups is 1. The summed E-state index contributed by atoms with van der Waals surface area (Å²) in [4.78, 5) is 2.37. The molecule has 1 heterocycles. The van der Waals surface area contributed by atoms with Crippen LogP contribution in [0.5, 0.6) is 5.75 Å². The smallest absolute Gasteiger partial charge is 0.118 e. The average molecular weight is 341 g/mol. The number of ether oxygens (including phenoxy) is 2. The number of benzene rings is 2. The molecule has 0 aliphatic carbocycles. The van der Waals surface area contributed by atoms with Gasteiger partial charge in [-0.2, -0.15) is 0 Å². The number of rotatable bonds is 8. The zero-order valence-electron chi connectivity index (χ0n) is 14.8. The van der Waals surface area contributed by atoms with Gasteiger partial charge >= 0.3 is 0 Å². The van der Waals surface area contributed by atoms with Crippen LogP contribution in [0.15, 0.2) is 54.6 Å². The molecule has 4 nitrogen and oxygen atoms in total. The molecule has 134 valence electrons. The van der Waals surface area contributed by atoms with E-state index >= 15 is 0 Å². The third-order valence-electron chi connectivity index (χ3n) is 4.73. The predicted octanol–water partition coefficient (Wildman–Crippen LogP) is 3.41. The summed E-state index contributed by atoms with van der Waals surface area (Å²) in [5, 5.41) is 10.3. The summed E-state index contributed by atoms with van der Waals surface area (Å²) < 4.78 is 10.8. The molecule has 0 bridgehead atoms. The van der Waals surface area contributed by atoms with Gasteiger partial charge in [0.15, 0.2) is 0 Å². The van der Waals surface area contributed by atoms with E-state index in [1.54, 1.807) is 7.11 Å². The zero-order chi connectivity index (χ0) is 17.5. The summed E-state index contributed by atoms with van der Waals surface area (Å²) in [5.41, 5.74) is 2.42. The molecule has 1 aliphatic heterocycles. The van der Waals surface area contributed by atoms with Crippen molar-refractivity contribution in [2.75, 3.05) is 26.8 Å². The molecule has 0 saturated carbocycles. The zero-order valence-corrected chi connectivity index (χ0v) is 14.8. The van der Waals surface area contributed by atoms with E-state index in [1.807, 2.05) is 30.3 Å². The highest BCUT2D eigenvalue weighted by molar-refractivity contribution is 5.26. The Kier molecular flexibility index (Phi) is 6.45. The molecule has 2 aromatic rings. The van der Waals surface area contributed by atoms with Crippen molar-refractivity contribution >= 4 is 0 Å². The first-order chi connectivity index (χ1) is 12.3. The molecule has 2 aromatic carbocycles. The molecule has 1 N–H and O–H groups in total. The van der Waals surface area contributed by atoms with Gasteiger partial charge in [-0.05, 0) is 42.6 Å². The molecule has 0 amide bonds. The second kappa shape index (κ2) is 8.99. The number of hydrogen-bond acceptors (Lipinski definition) is 4. The Hall–Kier alpha value is -1.88. The van der Waals surface area contributed by atoms with Gasteiger partial charge in [-0.15, -0.1) is 0 Å². The summed E-state index contributed by atoms with van der Waals surface area (Å²) in [6, 6.07) is 18.8. The van der Waals surface area contributed by atoms with Gasteiger partial charge in [-0.3, -0.25) is 4.90 Å². The van der Waals surface area contributed by atoms with E-state index in [1.165, 1.54) is 12.0 Å². The van der Waals surface area contributed by atoms with Crippen LogP contribution in [0, 0.1) is 0 Å². The molecular formula is C21H27NO3. The summed E-state index contributed by atoms with van der Waals surface area (Å²) in [5.74, 6) is 0.838. The van der Waals surface area contributed by atoms with Gasteiger partial charge in [0.2, 0.25) is 0 Å². The molecule has 1 fully saturated rings. The lowest BCUT2D eigenvalue weighted by molar-refractivity contribution is 0.00771. The summed E-state index contributed by atoms with van der Waals surface area (Å²) >= 11 is 0. The quantitative estimate of drug-likeness (QED) is 0.799. The number of methoxy groups -OCH3 is 1. The highest BCUT2D eigenvalue weighted by Crippen LogP contribution is 2.31. The Balaban J connectivity index is 1.44. The molecular weight excluding hydrogens is 314 g/mol. The third kappa shape index (κ3) is 5.05. The van der Waals surface area contributed by atoms with E-state index in [9.17, 15) is 5.11 Å². The second-order valence-corrected chi connectivity index (χ2v) is 6.58. The van der Waals surface area contributed by atoms with Gasteiger partial charge in [0, 0.05) is 12.6 Å². The topological polar surface area (TPSA) is 41.9 Å². The van der Waals surface area contributed by atoms with Gasteiger partial charge in [0.05, 0.1) is 26.4 Å². The van der Waals surface area contributed by atoms with Crippen LogP contribution in [-0.2, 0) is 11.3 Å². The van der Waals surface area contributed by atoms with Crippen molar-refractivity contribution in [1.82, 2.24) is 4.90 Å². The lowest BCUT2D eigenvalue weighted by Crippen LogP contribution is -2.34. The van der Waals surface area contributed by atoms with E-state index in [4.69, 9.17) is 9.47 Å². The fraction of sp³-hybridized carbons (Fsp3) is 0.429. The Labute approximate surface area is 150 Å². The van der Waals surface area contributed by atoms with E-state index in [2.05, 4.69) is 29.2 Å². The number of hydrogen-bond donors (Lipinski definition) is 1. The monoisotopic (exact) mass is 341 g/mol. The van der Waals surface area contributed by atoms with Crippen molar-refractivity contribution in [3.05, 3.63) is 65.7 Å². The van der Waals surface area contributed by atoms with E-state index in [0.29, 0.717) is 25.8 Å². The standard InChI is InChI=1S/C21H27NO3/c1-24-20-11-9-17(10-12-20)15-25-16-19(23)14-22-13-5-8-21(22)18-6-3-2-4-7-18/h2-4,6-7,9-12,19,21,23H,5,8,13-16H2,1H3. The van der Waals surface area contributed by atoms with Crippen LogP contribution in [0.4, 0.5) is 0 Å². The lowest BCUT2D eigenvalue weighted by Gasteiger charge is -2.27. The average Bonchev–Trinajstić information content (AvgIpc) is 3.11. The summed E-state index contributed by atoms with van der Waals surface area (Å²) in [6.07, 6.45) is 1.87. The molecule has 25 heavy (non-hydrogen) atoms. The summed E-state index contributed by atoms with van der Waals surface area (Å²) in [6.45, 7) is 2.55. The molecule has 1 saturated heterocycles. The largest absolute Gasteiger partial charge is 0.497 e. The third-order valence-corrected chi connectivity index (χ3v) is 4.73. The molecule has 0 spiro atoms. The Morgan fingerprint density at radius 2 is 1.88 bits per heavy atom. The molecule has 4 heteroatoms. The normalized spacial score (nSPS) is 19.0. The lowest BCUT2D eigenvalue weighted by atomic mass is 10.0. The van der Waals surface area contributed by atoms with Gasteiger partial charge < -0.3 is 14.6 Å². The number of β-amino-alcohol motifs (C(OH)–C–C–N with tert-alkyl or cyclic N) is 1. The number of nitrogens with zero attached hydrogens (tertiary/aromatic N) is 1. The molecule has 0 aromatic heterocycles. The second-order valence-electron chi connectivity index (χ2n) is 6.58. The van der Waals surface area contributed by atoms with E-state index < -0.39 is 6.10 Å². The first-order valence-electron chi connectivity index (χ1n) is 8.94. The number of likely N-dealkylation sites (tertiary alicyclic amines) is 1. The minimum atomic E-state index is -0.470. The summed E-state index contributed by atoms with van der Waals surface area (Å²) in [7, 11) is 1.66. The molecule has 2 atom stereocenters. The number of aliphatic hydroxyl groups excluding tert-OH is 1. The van der Waals surface area contributed by atoms with Crippen LogP contribution < -0.4 is 4.74 Å². The van der Waals surface area contributed by atoms with Crippen molar-refractivity contribution in [2.45, 2.75) is 31.6 Å². The van der Waals surface area contributed by atoms with Crippen LogP contribution in [0.1, 0.15) is 30.0 Å². The van der Waals surface area contributed by atoms with Crippen LogP contribution in [0.25, 0.3) is 0 Å². The first kappa shape index (κ1) is 17.9. The highest BCUT2D eigenvalue weighted by Gasteiger charge is 2.27. The SMILES string of the molecule is COc1ccc(COCC(O)CN2CCCC2c2ccccc2)cc1. The first-order valence-corrected chi connectivity index (χ1v) is 8.94. The van der Waals surface area contributed by atoms with Crippen molar-refractivity contribution in [1.29, 1.82) is 0 Å². The molecule has 0 radical (unpaired) electrons. The van der Waals surface area contributed by atoms with Gasteiger partial charge in [0.25, 0.3) is 0 Å². The van der Waals surface area contributed by atoms with Crippen LogP contribution in [0.2, 0.25) is 0 Å². The maximum Gasteiger partial charge on any atom is 0.118 e. The van der Waals surface area contributed by atoms with E-state index in [0.717, 1.165) is 24.3 Å². The fourth-order valence-corrected chi connectivity index (χ4v) is 3.46.